The topological polar surface area (TPSA) is 52.0 Å². The van der Waals surface area contributed by atoms with Crippen molar-refractivity contribution in [2.75, 3.05) is 11.5 Å². The van der Waals surface area contributed by atoms with Crippen molar-refractivity contribution in [3.05, 3.63) is 165 Å². The molecule has 0 saturated heterocycles. The number of unbranched alkanes of at least 4 members (excludes halogenated alkanes) is 3. The van der Waals surface area contributed by atoms with Crippen LogP contribution in [0.2, 0.25) is 0 Å². The van der Waals surface area contributed by atoms with Gasteiger partial charge in [-0.1, -0.05) is 117 Å². The molecule has 5 aromatic carbocycles. The maximum Gasteiger partial charge on any atom is 0.0314 e. The maximum absolute atomic E-state index is 5.89. The van der Waals surface area contributed by atoms with E-state index in [-0.39, 0.29) is 0 Å². The maximum atomic E-state index is 5.89. The average molecular weight is 553 g/mol. The first-order valence-corrected chi connectivity index (χ1v) is 15.5. The summed E-state index contributed by atoms with van der Waals surface area (Å²) in [5, 5.41) is 0. The number of aryl methyl sites for hydroxylation is 1. The molecule has 0 amide bonds. The van der Waals surface area contributed by atoms with Crippen molar-refractivity contribution in [3.63, 3.8) is 0 Å². The molecule has 0 aliphatic carbocycles. The molecule has 0 heterocycles. The number of benzene rings is 5. The Kier molecular flexibility index (Phi) is 10.1. The molecule has 0 atom stereocenters. The van der Waals surface area contributed by atoms with Crippen molar-refractivity contribution in [2.24, 2.45) is 0 Å². The second-order valence-electron chi connectivity index (χ2n) is 11.7. The van der Waals surface area contributed by atoms with Crippen LogP contribution in [-0.2, 0) is 32.1 Å². The van der Waals surface area contributed by atoms with Crippen LogP contribution in [0.15, 0.2) is 115 Å². The Morgan fingerprint density at radius 1 is 0.381 bits per heavy atom. The lowest BCUT2D eigenvalue weighted by Crippen LogP contribution is -2.00. The first kappa shape index (κ1) is 29.2. The van der Waals surface area contributed by atoms with E-state index in [0.29, 0.717) is 0 Å². The van der Waals surface area contributed by atoms with Crippen LogP contribution in [0.4, 0.5) is 11.4 Å². The summed E-state index contributed by atoms with van der Waals surface area (Å²) in [7, 11) is 0. The van der Waals surface area contributed by atoms with Crippen molar-refractivity contribution in [1.82, 2.24) is 0 Å². The van der Waals surface area contributed by atoms with Crippen molar-refractivity contribution in [2.45, 2.75) is 64.7 Å². The Balaban J connectivity index is 1.22. The minimum Gasteiger partial charge on any atom is -0.399 e. The van der Waals surface area contributed by atoms with Crippen LogP contribution >= 0.6 is 0 Å². The van der Waals surface area contributed by atoms with Crippen molar-refractivity contribution >= 4 is 11.4 Å². The highest BCUT2D eigenvalue weighted by Crippen LogP contribution is 2.23. The minimum atomic E-state index is 0.811. The Hall–Kier alpha value is -4.30. The van der Waals surface area contributed by atoms with Gasteiger partial charge in [0.05, 0.1) is 0 Å². The summed E-state index contributed by atoms with van der Waals surface area (Å²) in [5.41, 5.74) is 25.7. The molecule has 0 saturated carbocycles. The van der Waals surface area contributed by atoms with Gasteiger partial charge in [0.15, 0.2) is 0 Å². The predicted octanol–water partition coefficient (Wildman–Crippen LogP) is 9.34. The van der Waals surface area contributed by atoms with Gasteiger partial charge < -0.3 is 11.5 Å². The van der Waals surface area contributed by atoms with E-state index >= 15 is 0 Å². The van der Waals surface area contributed by atoms with E-state index in [1.165, 1.54) is 75.8 Å². The minimum absolute atomic E-state index is 0.811. The van der Waals surface area contributed by atoms with Gasteiger partial charge in [-0.2, -0.15) is 0 Å². The Morgan fingerprint density at radius 2 is 0.762 bits per heavy atom. The summed E-state index contributed by atoms with van der Waals surface area (Å²) in [6.45, 7) is 2.28. The number of anilines is 2. The molecule has 4 N–H and O–H groups in total. The van der Waals surface area contributed by atoms with Gasteiger partial charge in [0, 0.05) is 11.4 Å². The molecular formula is C40H44N2. The predicted molar refractivity (Wildman–Crippen MR) is 180 cm³/mol. The van der Waals surface area contributed by atoms with Gasteiger partial charge >= 0.3 is 0 Å². The molecule has 0 aliphatic rings. The van der Waals surface area contributed by atoms with E-state index in [4.69, 9.17) is 11.5 Å². The average Bonchev–Trinajstić information content (AvgIpc) is 3.01. The smallest absolute Gasteiger partial charge is 0.0314 e. The lowest BCUT2D eigenvalue weighted by atomic mass is 9.92. The first-order chi connectivity index (χ1) is 20.5. The lowest BCUT2D eigenvalue weighted by molar-refractivity contribution is 0.665. The highest BCUT2D eigenvalue weighted by Gasteiger charge is 2.08. The molecule has 0 fully saturated rings. The number of hydrogen-bond donors (Lipinski definition) is 2. The van der Waals surface area contributed by atoms with Gasteiger partial charge in [-0.15, -0.1) is 0 Å². The number of rotatable bonds is 13. The third-order valence-electron chi connectivity index (χ3n) is 8.20. The fourth-order valence-electron chi connectivity index (χ4n) is 5.68. The van der Waals surface area contributed by atoms with Crippen molar-refractivity contribution in [1.29, 1.82) is 0 Å². The largest absolute Gasteiger partial charge is 0.399 e. The molecule has 5 rings (SSSR count). The summed E-state index contributed by atoms with van der Waals surface area (Å²) in [6, 6.07) is 41.8. The van der Waals surface area contributed by atoms with Gasteiger partial charge in [0.25, 0.3) is 0 Å². The highest BCUT2D eigenvalue weighted by atomic mass is 14.5. The molecule has 0 unspecified atom stereocenters. The quantitative estimate of drug-likeness (QED) is 0.113. The van der Waals surface area contributed by atoms with E-state index in [2.05, 4.69) is 97.9 Å². The standard InChI is InChI=1S/C40H44N2/c1-2-3-4-5-6-37-29-36(27-34-18-23-40(42)24-19-34)15-20-38(37)28-35-13-11-32(12-14-35)25-30-7-9-31(10-8-30)26-33-16-21-39(41)22-17-33/h7-24,29H,2-6,25-28,41-42H2,1H3. The molecule has 2 heteroatoms. The van der Waals surface area contributed by atoms with Crippen LogP contribution in [0.5, 0.6) is 0 Å². The molecule has 0 radical (unpaired) electrons. The van der Waals surface area contributed by atoms with E-state index in [9.17, 15) is 0 Å². The molecule has 0 bridgehead atoms. The fourth-order valence-corrected chi connectivity index (χ4v) is 5.68. The van der Waals surface area contributed by atoms with Crippen molar-refractivity contribution < 1.29 is 0 Å². The van der Waals surface area contributed by atoms with Crippen LogP contribution in [0, 0.1) is 0 Å². The van der Waals surface area contributed by atoms with Gasteiger partial charge in [-0.05, 0) is 113 Å². The lowest BCUT2D eigenvalue weighted by Gasteiger charge is -2.13. The van der Waals surface area contributed by atoms with Crippen molar-refractivity contribution in [3.8, 4) is 0 Å². The molecule has 5 aromatic rings. The second kappa shape index (κ2) is 14.5. The zero-order valence-corrected chi connectivity index (χ0v) is 25.0. The monoisotopic (exact) mass is 552 g/mol. The van der Waals surface area contributed by atoms with Gasteiger partial charge in [0.1, 0.15) is 0 Å². The number of nitrogens with two attached hydrogens (primary N) is 2. The summed E-state index contributed by atoms with van der Waals surface area (Å²) in [4.78, 5) is 0. The molecular weight excluding hydrogens is 508 g/mol. The van der Waals surface area contributed by atoms with Gasteiger partial charge in [-0.3, -0.25) is 0 Å². The fraction of sp³-hybridized carbons (Fsp3) is 0.250. The summed E-state index contributed by atoms with van der Waals surface area (Å²) in [6.07, 6.45) is 10.1. The zero-order chi connectivity index (χ0) is 29.1. The number of hydrogen-bond acceptors (Lipinski definition) is 2. The van der Waals surface area contributed by atoms with Crippen LogP contribution in [0.1, 0.15) is 82.7 Å². The van der Waals surface area contributed by atoms with E-state index in [0.717, 1.165) is 43.5 Å². The number of nitrogen functional groups attached to an aromatic ring is 2. The van der Waals surface area contributed by atoms with Crippen LogP contribution in [-0.4, -0.2) is 0 Å². The molecule has 214 valence electrons. The molecule has 0 aliphatic heterocycles. The summed E-state index contributed by atoms with van der Waals surface area (Å²) < 4.78 is 0. The zero-order valence-electron chi connectivity index (χ0n) is 25.0. The SMILES string of the molecule is CCCCCCc1cc(Cc2ccc(N)cc2)ccc1Cc1ccc(Cc2ccc(Cc3ccc(N)cc3)cc2)cc1. The van der Waals surface area contributed by atoms with E-state index < -0.39 is 0 Å². The molecule has 0 aromatic heterocycles. The van der Waals surface area contributed by atoms with E-state index in [1.54, 1.807) is 0 Å². The summed E-state index contributed by atoms with van der Waals surface area (Å²) >= 11 is 0. The Bertz CT molecular complexity index is 1530. The Labute approximate surface area is 252 Å². The van der Waals surface area contributed by atoms with Crippen LogP contribution < -0.4 is 11.5 Å². The highest BCUT2D eigenvalue weighted by molar-refractivity contribution is 5.43. The molecule has 2 nitrogen and oxygen atoms in total. The first-order valence-electron chi connectivity index (χ1n) is 15.5. The normalized spacial score (nSPS) is 11.1. The third kappa shape index (κ3) is 8.60. The van der Waals surface area contributed by atoms with E-state index in [1.807, 2.05) is 24.3 Å². The Morgan fingerprint density at radius 3 is 1.21 bits per heavy atom. The second-order valence-corrected chi connectivity index (χ2v) is 11.7. The van der Waals surface area contributed by atoms with Crippen LogP contribution in [0.25, 0.3) is 0 Å². The van der Waals surface area contributed by atoms with Gasteiger partial charge in [0.2, 0.25) is 0 Å². The van der Waals surface area contributed by atoms with Crippen LogP contribution in [0.3, 0.4) is 0 Å². The molecule has 0 spiro atoms. The molecule has 42 heavy (non-hydrogen) atoms. The third-order valence-corrected chi connectivity index (χ3v) is 8.20. The van der Waals surface area contributed by atoms with Gasteiger partial charge in [-0.25, -0.2) is 0 Å². The summed E-state index contributed by atoms with van der Waals surface area (Å²) in [5.74, 6) is 0.